The lowest BCUT2D eigenvalue weighted by Crippen LogP contribution is -2.24. The summed E-state index contributed by atoms with van der Waals surface area (Å²) in [4.78, 5) is 11.1. The van der Waals surface area contributed by atoms with Crippen molar-refractivity contribution in [2.24, 2.45) is 0 Å². The highest BCUT2D eigenvalue weighted by Crippen LogP contribution is 2.08. The minimum atomic E-state index is -0.673. The van der Waals surface area contributed by atoms with E-state index in [1.54, 1.807) is 13.8 Å². The summed E-state index contributed by atoms with van der Waals surface area (Å²) in [5.74, 6) is 2.42. The van der Waals surface area contributed by atoms with Crippen LogP contribution in [0.25, 0.3) is 0 Å². The lowest BCUT2D eigenvalue weighted by molar-refractivity contribution is -0.150. The molecule has 5 heteroatoms. The number of esters is 1. The van der Waals surface area contributed by atoms with Gasteiger partial charge in [-0.1, -0.05) is 17.7 Å². The van der Waals surface area contributed by atoms with Crippen molar-refractivity contribution in [3.05, 3.63) is 0 Å². The maximum Gasteiger partial charge on any atom is 0.347 e. The number of thiocarbonyl (C=S) groups is 1. The number of hydrogen-bond acceptors (Lipinski definition) is 5. The van der Waals surface area contributed by atoms with E-state index in [1.807, 2.05) is 0 Å². The summed E-state index contributed by atoms with van der Waals surface area (Å²) < 4.78 is 10.1. The molecule has 0 rings (SSSR count). The van der Waals surface area contributed by atoms with Gasteiger partial charge >= 0.3 is 5.97 Å². The largest absolute Gasteiger partial charge is 0.464 e. The molecule has 0 aliphatic rings. The average Bonchev–Trinajstić information content (AvgIpc) is 2.15. The third kappa shape index (κ3) is 5.84. The molecule has 0 aromatic rings. The molecule has 0 saturated carbocycles. The highest BCUT2D eigenvalue weighted by atomic mass is 32.2. The fourth-order valence-electron chi connectivity index (χ4n) is 0.587. The molecule has 0 aromatic heterocycles. The molecular formula is C9H12O3S2. The summed E-state index contributed by atoms with van der Waals surface area (Å²) >= 11 is 6.04. The molecule has 1 unspecified atom stereocenters. The van der Waals surface area contributed by atoms with Gasteiger partial charge in [-0.2, -0.15) is 0 Å². The second kappa shape index (κ2) is 7.65. The van der Waals surface area contributed by atoms with E-state index in [1.165, 1.54) is 11.8 Å². The Morgan fingerprint density at radius 1 is 1.71 bits per heavy atom. The van der Waals surface area contributed by atoms with Crippen LogP contribution in [0.15, 0.2) is 0 Å². The summed E-state index contributed by atoms with van der Waals surface area (Å²) in [6.45, 7) is 3.65. The Balaban J connectivity index is 3.82. The van der Waals surface area contributed by atoms with Gasteiger partial charge in [-0.25, -0.2) is 4.79 Å². The summed E-state index contributed by atoms with van der Waals surface area (Å²) in [6.07, 6.45) is 4.36. The number of thioether (sulfide) groups is 1. The topological polar surface area (TPSA) is 35.5 Å². The van der Waals surface area contributed by atoms with Crippen LogP contribution >= 0.6 is 24.0 Å². The van der Waals surface area contributed by atoms with Gasteiger partial charge in [0, 0.05) is 0 Å². The first-order valence-electron chi connectivity index (χ1n) is 4.05. The van der Waals surface area contributed by atoms with Crippen molar-refractivity contribution >= 4 is 34.3 Å². The maximum absolute atomic E-state index is 11.1. The van der Waals surface area contributed by atoms with Gasteiger partial charge in [0.05, 0.1) is 12.4 Å². The zero-order chi connectivity index (χ0) is 11.0. The molecule has 0 N–H and O–H groups in total. The van der Waals surface area contributed by atoms with Crippen molar-refractivity contribution in [2.45, 2.75) is 20.0 Å². The van der Waals surface area contributed by atoms with E-state index in [9.17, 15) is 4.79 Å². The molecule has 0 fully saturated rings. The monoisotopic (exact) mass is 232 g/mol. The Morgan fingerprint density at radius 3 is 2.86 bits per heavy atom. The lowest BCUT2D eigenvalue weighted by atomic mass is 10.4. The van der Waals surface area contributed by atoms with Crippen molar-refractivity contribution in [2.75, 3.05) is 12.4 Å². The molecule has 0 bridgehead atoms. The zero-order valence-electron chi connectivity index (χ0n) is 8.11. The summed E-state index contributed by atoms with van der Waals surface area (Å²) in [5, 5.41) is 0. The van der Waals surface area contributed by atoms with Gasteiger partial charge in [0.1, 0.15) is 0 Å². The Bertz CT molecular complexity index is 245. The fraction of sp³-hybridized carbons (Fsp3) is 0.556. The van der Waals surface area contributed by atoms with Crippen LogP contribution < -0.4 is 0 Å². The summed E-state index contributed by atoms with van der Waals surface area (Å²) in [5.41, 5.74) is 0. The molecule has 0 amide bonds. The average molecular weight is 232 g/mol. The van der Waals surface area contributed by atoms with Crippen LogP contribution in [-0.2, 0) is 14.3 Å². The van der Waals surface area contributed by atoms with E-state index in [-0.39, 0.29) is 4.38 Å². The quantitative estimate of drug-likeness (QED) is 0.418. The van der Waals surface area contributed by atoms with Crippen LogP contribution in [0, 0.1) is 12.3 Å². The number of carbonyl (C=O) groups excluding carboxylic acids is 1. The van der Waals surface area contributed by atoms with E-state index < -0.39 is 12.1 Å². The number of hydrogen-bond donors (Lipinski definition) is 0. The van der Waals surface area contributed by atoms with Gasteiger partial charge in [0.25, 0.3) is 0 Å². The molecule has 0 aliphatic carbocycles. The lowest BCUT2D eigenvalue weighted by Gasteiger charge is -2.12. The first-order chi connectivity index (χ1) is 6.61. The molecular weight excluding hydrogens is 220 g/mol. The van der Waals surface area contributed by atoms with E-state index in [0.29, 0.717) is 12.4 Å². The smallest absolute Gasteiger partial charge is 0.347 e. The van der Waals surface area contributed by atoms with Crippen molar-refractivity contribution < 1.29 is 14.3 Å². The molecule has 0 spiro atoms. The van der Waals surface area contributed by atoms with Gasteiger partial charge in [0.2, 0.25) is 4.38 Å². The highest BCUT2D eigenvalue weighted by molar-refractivity contribution is 8.22. The Labute approximate surface area is 93.5 Å². The van der Waals surface area contributed by atoms with E-state index in [2.05, 4.69) is 5.92 Å². The highest BCUT2D eigenvalue weighted by Gasteiger charge is 2.16. The third-order valence-corrected chi connectivity index (χ3v) is 2.26. The molecule has 0 saturated heterocycles. The van der Waals surface area contributed by atoms with Crippen LogP contribution in [0.3, 0.4) is 0 Å². The van der Waals surface area contributed by atoms with Crippen LogP contribution in [0.1, 0.15) is 13.8 Å². The van der Waals surface area contributed by atoms with E-state index in [0.717, 1.165) is 0 Å². The first-order valence-corrected chi connectivity index (χ1v) is 5.44. The van der Waals surface area contributed by atoms with Crippen molar-refractivity contribution in [1.29, 1.82) is 0 Å². The van der Waals surface area contributed by atoms with Crippen molar-refractivity contribution in [3.63, 3.8) is 0 Å². The molecule has 0 radical (unpaired) electrons. The van der Waals surface area contributed by atoms with Crippen molar-refractivity contribution in [1.82, 2.24) is 0 Å². The van der Waals surface area contributed by atoms with Crippen LogP contribution in [0.2, 0.25) is 0 Å². The molecule has 14 heavy (non-hydrogen) atoms. The number of carbonyl (C=O) groups is 1. The molecule has 0 aliphatic heterocycles. The van der Waals surface area contributed by atoms with Crippen LogP contribution in [0.5, 0.6) is 0 Å². The fourth-order valence-corrected chi connectivity index (χ4v) is 1.32. The van der Waals surface area contributed by atoms with Gasteiger partial charge in [-0.3, -0.25) is 0 Å². The Hall–Kier alpha value is -0.730. The maximum atomic E-state index is 11.1. The summed E-state index contributed by atoms with van der Waals surface area (Å²) in [7, 11) is 0. The van der Waals surface area contributed by atoms with E-state index >= 15 is 0 Å². The minimum Gasteiger partial charge on any atom is -0.464 e. The van der Waals surface area contributed by atoms with Gasteiger partial charge in [0.15, 0.2) is 6.10 Å². The van der Waals surface area contributed by atoms with Gasteiger partial charge in [-0.05, 0) is 26.1 Å². The first kappa shape index (κ1) is 13.3. The third-order valence-electron chi connectivity index (χ3n) is 1.16. The van der Waals surface area contributed by atoms with Gasteiger partial charge < -0.3 is 9.47 Å². The molecule has 3 nitrogen and oxygen atoms in total. The normalized spacial score (nSPS) is 11.2. The van der Waals surface area contributed by atoms with Crippen LogP contribution in [-0.4, -0.2) is 28.8 Å². The SMILES string of the molecule is C#CCSC(=S)OC(C)C(=O)OCC. The van der Waals surface area contributed by atoms with Gasteiger partial charge in [-0.15, -0.1) is 6.42 Å². The predicted molar refractivity (Wildman–Crippen MR) is 61.1 cm³/mol. The van der Waals surface area contributed by atoms with Crippen molar-refractivity contribution in [3.8, 4) is 12.3 Å². The molecule has 78 valence electrons. The second-order valence-electron chi connectivity index (χ2n) is 2.25. The molecule has 1 atom stereocenters. The van der Waals surface area contributed by atoms with Crippen LogP contribution in [0.4, 0.5) is 0 Å². The van der Waals surface area contributed by atoms with E-state index in [4.69, 9.17) is 28.1 Å². The minimum absolute atomic E-state index is 0.267. The standard InChI is InChI=1S/C9H12O3S2/c1-4-6-14-9(13)12-7(3)8(10)11-5-2/h1,7H,5-6H2,2-3H3. The summed E-state index contributed by atoms with van der Waals surface area (Å²) in [6, 6.07) is 0. The predicted octanol–water partition coefficient (Wildman–Crippen LogP) is 1.61. The number of terminal acetylenes is 1. The zero-order valence-corrected chi connectivity index (χ0v) is 9.74. The Morgan fingerprint density at radius 2 is 2.36 bits per heavy atom. The second-order valence-corrected chi connectivity index (χ2v) is 3.83. The number of rotatable bonds is 4. The molecule has 0 heterocycles. The number of ether oxygens (including phenoxy) is 2. The Kier molecular flexibility index (Phi) is 7.25. The molecule has 0 aromatic carbocycles.